The van der Waals surface area contributed by atoms with E-state index in [1.807, 2.05) is 25.1 Å². The van der Waals surface area contributed by atoms with Crippen LogP contribution in [-0.2, 0) is 11.3 Å². The Kier molecular flexibility index (Phi) is 3.48. The molecule has 2 heterocycles. The predicted octanol–water partition coefficient (Wildman–Crippen LogP) is 3.40. The zero-order valence-electron chi connectivity index (χ0n) is 12.2. The number of aromatic nitrogens is 3. The Hall–Kier alpha value is -2.56. The highest BCUT2D eigenvalue weighted by Gasteiger charge is 2.12. The summed E-state index contributed by atoms with van der Waals surface area (Å²) in [5, 5.41) is 11.1. The van der Waals surface area contributed by atoms with E-state index < -0.39 is 0 Å². The molecule has 0 saturated heterocycles. The Bertz CT molecular complexity index is 785. The third kappa shape index (κ3) is 2.42. The van der Waals surface area contributed by atoms with Crippen LogP contribution in [0.4, 0.5) is 5.82 Å². The van der Waals surface area contributed by atoms with Gasteiger partial charge in [0.15, 0.2) is 5.82 Å². The molecule has 5 nitrogen and oxygen atoms in total. The molecule has 0 unspecified atom stereocenters. The molecule has 0 atom stereocenters. The molecule has 0 aliphatic rings. The maximum absolute atomic E-state index is 11.4. The number of rotatable bonds is 4. The highest BCUT2D eigenvalue weighted by atomic mass is 16.1. The molecule has 0 radical (unpaired) electrons. The first kappa shape index (κ1) is 13.4. The van der Waals surface area contributed by atoms with Gasteiger partial charge in [0, 0.05) is 29.9 Å². The van der Waals surface area contributed by atoms with E-state index >= 15 is 0 Å². The Labute approximate surface area is 123 Å². The molecule has 0 spiro atoms. The van der Waals surface area contributed by atoms with E-state index in [1.54, 1.807) is 0 Å². The van der Waals surface area contributed by atoms with E-state index in [1.165, 1.54) is 10.9 Å². The molecule has 2 aromatic heterocycles. The normalized spacial score (nSPS) is 11.0. The Morgan fingerprint density at radius 3 is 2.86 bits per heavy atom. The summed E-state index contributed by atoms with van der Waals surface area (Å²) in [5.41, 5.74) is 3.17. The fraction of sp³-hybridized carbons (Fsp3) is 0.250. The van der Waals surface area contributed by atoms with Crippen molar-refractivity contribution in [2.45, 2.75) is 26.8 Å². The first-order chi connectivity index (χ1) is 10.2. The lowest BCUT2D eigenvalue weighted by Crippen LogP contribution is -2.09. The topological polar surface area (TPSA) is 62.7 Å². The number of aryl methyl sites for hydroxylation is 1. The summed E-state index contributed by atoms with van der Waals surface area (Å²) in [4.78, 5) is 11.4. The average Bonchev–Trinajstić information content (AvgIpc) is 3.10. The first-order valence-corrected chi connectivity index (χ1v) is 7.16. The van der Waals surface area contributed by atoms with Crippen LogP contribution in [0.1, 0.15) is 20.3 Å². The fourth-order valence-corrected chi connectivity index (χ4v) is 2.52. The SMILES string of the molecule is CCC(=O)Nc1cc(-c2cc3ccccc3n2CC)[nH]n1. The molecular formula is C16H18N4O. The first-order valence-electron chi connectivity index (χ1n) is 7.16. The average molecular weight is 282 g/mol. The molecule has 0 saturated carbocycles. The van der Waals surface area contributed by atoms with E-state index in [9.17, 15) is 4.79 Å². The Balaban J connectivity index is 2.02. The monoisotopic (exact) mass is 282 g/mol. The van der Waals surface area contributed by atoms with Crippen molar-refractivity contribution >= 4 is 22.6 Å². The van der Waals surface area contributed by atoms with Crippen LogP contribution < -0.4 is 5.32 Å². The van der Waals surface area contributed by atoms with Crippen LogP contribution in [-0.4, -0.2) is 20.7 Å². The summed E-state index contributed by atoms with van der Waals surface area (Å²) in [6, 6.07) is 12.3. The van der Waals surface area contributed by atoms with Gasteiger partial charge in [-0.05, 0) is 19.1 Å². The number of carbonyl (C=O) groups excluding carboxylic acids is 1. The van der Waals surface area contributed by atoms with Crippen molar-refractivity contribution < 1.29 is 4.79 Å². The molecule has 0 aliphatic heterocycles. The number of nitrogens with one attached hydrogen (secondary N) is 2. The third-order valence-electron chi connectivity index (χ3n) is 3.57. The Morgan fingerprint density at radius 2 is 2.10 bits per heavy atom. The number of benzene rings is 1. The van der Waals surface area contributed by atoms with E-state index in [-0.39, 0.29) is 5.91 Å². The van der Waals surface area contributed by atoms with Gasteiger partial charge in [-0.1, -0.05) is 25.1 Å². The molecular weight excluding hydrogens is 264 g/mol. The molecule has 2 N–H and O–H groups in total. The molecule has 0 aliphatic carbocycles. The van der Waals surface area contributed by atoms with Gasteiger partial charge in [0.2, 0.25) is 5.91 Å². The van der Waals surface area contributed by atoms with Gasteiger partial charge in [0.05, 0.1) is 11.4 Å². The van der Waals surface area contributed by atoms with Gasteiger partial charge >= 0.3 is 0 Å². The lowest BCUT2D eigenvalue weighted by Gasteiger charge is -2.05. The lowest BCUT2D eigenvalue weighted by molar-refractivity contribution is -0.115. The van der Waals surface area contributed by atoms with Crippen molar-refractivity contribution in [1.29, 1.82) is 0 Å². The molecule has 108 valence electrons. The highest BCUT2D eigenvalue weighted by Crippen LogP contribution is 2.28. The largest absolute Gasteiger partial charge is 0.340 e. The van der Waals surface area contributed by atoms with Crippen LogP contribution in [0.25, 0.3) is 22.3 Å². The van der Waals surface area contributed by atoms with E-state index in [2.05, 4.69) is 45.2 Å². The number of anilines is 1. The van der Waals surface area contributed by atoms with Crippen molar-refractivity contribution in [3.05, 3.63) is 36.4 Å². The number of amides is 1. The van der Waals surface area contributed by atoms with Gasteiger partial charge in [0.1, 0.15) is 0 Å². The summed E-state index contributed by atoms with van der Waals surface area (Å²) in [6.45, 7) is 4.81. The molecule has 0 bridgehead atoms. The van der Waals surface area contributed by atoms with E-state index in [0.29, 0.717) is 12.2 Å². The van der Waals surface area contributed by atoms with Gasteiger partial charge in [-0.15, -0.1) is 0 Å². The number of aromatic amines is 1. The van der Waals surface area contributed by atoms with Crippen molar-refractivity contribution in [2.75, 3.05) is 5.32 Å². The Morgan fingerprint density at radius 1 is 1.29 bits per heavy atom. The van der Waals surface area contributed by atoms with Gasteiger partial charge in [-0.25, -0.2) is 0 Å². The molecule has 1 amide bonds. The second-order valence-corrected chi connectivity index (χ2v) is 4.90. The van der Waals surface area contributed by atoms with Crippen LogP contribution >= 0.6 is 0 Å². The van der Waals surface area contributed by atoms with Crippen LogP contribution in [0, 0.1) is 0 Å². The minimum absolute atomic E-state index is 0.0379. The number of H-pyrrole nitrogens is 1. The zero-order valence-corrected chi connectivity index (χ0v) is 12.2. The van der Waals surface area contributed by atoms with Crippen LogP contribution in [0.5, 0.6) is 0 Å². The predicted molar refractivity (Wildman–Crippen MR) is 84.1 cm³/mol. The number of carbonyl (C=O) groups is 1. The fourth-order valence-electron chi connectivity index (χ4n) is 2.52. The van der Waals surface area contributed by atoms with Crippen LogP contribution in [0.3, 0.4) is 0 Å². The van der Waals surface area contributed by atoms with Crippen LogP contribution in [0.2, 0.25) is 0 Å². The van der Waals surface area contributed by atoms with Gasteiger partial charge < -0.3 is 9.88 Å². The van der Waals surface area contributed by atoms with Crippen molar-refractivity contribution in [3.8, 4) is 11.4 Å². The van der Waals surface area contributed by atoms with Crippen molar-refractivity contribution in [1.82, 2.24) is 14.8 Å². The number of nitrogens with zero attached hydrogens (tertiary/aromatic N) is 2. The minimum atomic E-state index is -0.0379. The lowest BCUT2D eigenvalue weighted by atomic mass is 10.2. The van der Waals surface area contributed by atoms with E-state index in [4.69, 9.17) is 0 Å². The zero-order chi connectivity index (χ0) is 14.8. The summed E-state index contributed by atoms with van der Waals surface area (Å²) < 4.78 is 2.23. The highest BCUT2D eigenvalue weighted by molar-refractivity contribution is 5.91. The smallest absolute Gasteiger partial charge is 0.225 e. The standard InChI is InChI=1S/C16H18N4O/c1-3-16(21)17-15-10-12(18-19-15)14-9-11-7-5-6-8-13(11)20(14)4-2/h5-10H,3-4H2,1-2H3,(H2,17,18,19,21). The van der Waals surface area contributed by atoms with Crippen molar-refractivity contribution in [3.63, 3.8) is 0 Å². The molecule has 1 aromatic carbocycles. The second kappa shape index (κ2) is 5.44. The number of hydrogen-bond donors (Lipinski definition) is 2. The second-order valence-electron chi connectivity index (χ2n) is 4.90. The number of fused-ring (bicyclic) bond motifs is 1. The number of para-hydroxylation sites is 1. The van der Waals surface area contributed by atoms with Gasteiger partial charge in [-0.2, -0.15) is 5.10 Å². The molecule has 21 heavy (non-hydrogen) atoms. The number of hydrogen-bond acceptors (Lipinski definition) is 2. The summed E-state index contributed by atoms with van der Waals surface area (Å²) in [5.74, 6) is 0.522. The maximum atomic E-state index is 11.4. The molecule has 3 aromatic rings. The maximum Gasteiger partial charge on any atom is 0.225 e. The summed E-state index contributed by atoms with van der Waals surface area (Å²) >= 11 is 0. The van der Waals surface area contributed by atoms with Crippen molar-refractivity contribution in [2.24, 2.45) is 0 Å². The van der Waals surface area contributed by atoms with E-state index in [0.717, 1.165) is 17.9 Å². The minimum Gasteiger partial charge on any atom is -0.340 e. The quantitative estimate of drug-likeness (QED) is 0.770. The molecule has 0 fully saturated rings. The third-order valence-corrected chi connectivity index (χ3v) is 3.57. The summed E-state index contributed by atoms with van der Waals surface area (Å²) in [6.07, 6.45) is 0.442. The molecule has 5 heteroatoms. The molecule has 3 rings (SSSR count). The summed E-state index contributed by atoms with van der Waals surface area (Å²) in [7, 11) is 0. The van der Waals surface area contributed by atoms with Crippen LogP contribution in [0.15, 0.2) is 36.4 Å². The van der Waals surface area contributed by atoms with Gasteiger partial charge in [-0.3, -0.25) is 9.89 Å². The van der Waals surface area contributed by atoms with Gasteiger partial charge in [0.25, 0.3) is 0 Å².